The fraction of sp³-hybridized carbons (Fsp3) is 0.261. The fourth-order valence-corrected chi connectivity index (χ4v) is 2.68. The van der Waals surface area contributed by atoms with Gasteiger partial charge in [-0.2, -0.15) is 0 Å². The zero-order chi connectivity index (χ0) is 23.3. The molecule has 3 aromatic rings. The predicted octanol–water partition coefficient (Wildman–Crippen LogP) is 4.02. The van der Waals surface area contributed by atoms with Crippen LogP contribution in [0.5, 0.6) is 11.5 Å². The maximum Gasteiger partial charge on any atom is 0.327 e. The first-order chi connectivity index (χ1) is 15.2. The Morgan fingerprint density at radius 2 is 1.75 bits per heavy atom. The molecule has 0 bridgehead atoms. The summed E-state index contributed by atoms with van der Waals surface area (Å²) in [5.74, 6) is 0.834. The third-order valence-corrected chi connectivity index (χ3v) is 4.71. The number of nitrogens with one attached hydrogen (secondary N) is 2. The first kappa shape index (κ1) is 22.8. The van der Waals surface area contributed by atoms with Gasteiger partial charge in [0.25, 0.3) is 5.91 Å². The average Bonchev–Trinajstić information content (AvgIpc) is 2.75. The normalized spacial score (nSPS) is 11.0. The zero-order valence-corrected chi connectivity index (χ0v) is 18.6. The van der Waals surface area contributed by atoms with Crippen LogP contribution in [0.4, 0.5) is 10.6 Å². The number of urea groups is 1. The molecule has 0 atom stereocenters. The van der Waals surface area contributed by atoms with E-state index >= 15 is 0 Å². The lowest BCUT2D eigenvalue weighted by Gasteiger charge is -2.21. The third kappa shape index (κ3) is 5.64. The minimum Gasteiger partial charge on any atom is -0.455 e. The number of hydrogen-bond acceptors (Lipinski definition) is 7. The van der Waals surface area contributed by atoms with Gasteiger partial charge < -0.3 is 9.47 Å². The molecule has 9 heteroatoms. The van der Waals surface area contributed by atoms with Crippen molar-refractivity contribution in [3.8, 4) is 22.8 Å². The maximum atomic E-state index is 12.1. The van der Waals surface area contributed by atoms with E-state index in [1.807, 2.05) is 25.1 Å². The molecule has 0 unspecified atom stereocenters. The summed E-state index contributed by atoms with van der Waals surface area (Å²) in [7, 11) is 1.39. The molecule has 3 heterocycles. The molecule has 0 radical (unpaired) electrons. The number of methoxy groups -OCH3 is 1. The van der Waals surface area contributed by atoms with E-state index in [9.17, 15) is 9.59 Å². The minimum atomic E-state index is -1.13. The number of nitrogens with zero attached hydrogens (tertiary/aromatic N) is 3. The summed E-state index contributed by atoms with van der Waals surface area (Å²) in [6, 6.07) is 9.99. The Kier molecular flexibility index (Phi) is 6.79. The highest BCUT2D eigenvalue weighted by Gasteiger charge is 2.28. The number of aryl methyl sites for hydroxylation is 2. The second-order valence-electron chi connectivity index (χ2n) is 7.57. The quantitative estimate of drug-likeness (QED) is 0.601. The van der Waals surface area contributed by atoms with Crippen molar-refractivity contribution >= 4 is 17.8 Å². The number of carbonyl (C=O) groups excluding carboxylic acids is 2. The highest BCUT2D eigenvalue weighted by Crippen LogP contribution is 2.28. The van der Waals surface area contributed by atoms with Crippen molar-refractivity contribution < 1.29 is 19.1 Å². The van der Waals surface area contributed by atoms with E-state index in [0.29, 0.717) is 17.2 Å². The fourth-order valence-electron chi connectivity index (χ4n) is 2.68. The molecule has 3 aromatic heterocycles. The summed E-state index contributed by atoms with van der Waals surface area (Å²) < 4.78 is 11.0. The standard InChI is InChI=1S/C23H25N5O4/c1-14-12-16(8-10-24-14)18-13-17(9-11-25-18)32-19-6-7-20(26-15(19)2)27-22(30)28-21(29)23(3,4)31-5/h6-13H,1-5H3,(H2,26,27,28,29,30). The van der Waals surface area contributed by atoms with E-state index in [-0.39, 0.29) is 5.82 Å². The Bertz CT molecular complexity index is 1150. The highest BCUT2D eigenvalue weighted by molar-refractivity contribution is 6.03. The number of rotatable bonds is 6. The van der Waals surface area contributed by atoms with Gasteiger partial charge in [0.05, 0.1) is 11.4 Å². The molecule has 166 valence electrons. The molecular formula is C23H25N5O4. The van der Waals surface area contributed by atoms with Crippen LogP contribution in [-0.2, 0) is 9.53 Å². The molecule has 0 saturated carbocycles. The molecule has 0 saturated heterocycles. The second-order valence-corrected chi connectivity index (χ2v) is 7.57. The average molecular weight is 435 g/mol. The van der Waals surface area contributed by atoms with Crippen molar-refractivity contribution in [3.05, 3.63) is 60.2 Å². The Balaban J connectivity index is 1.69. The monoisotopic (exact) mass is 435 g/mol. The molecular weight excluding hydrogens is 410 g/mol. The number of ether oxygens (including phenoxy) is 2. The van der Waals surface area contributed by atoms with Gasteiger partial charge in [-0.25, -0.2) is 9.78 Å². The maximum absolute atomic E-state index is 12.1. The number of imide groups is 1. The summed E-state index contributed by atoms with van der Waals surface area (Å²) in [5, 5.41) is 4.75. The van der Waals surface area contributed by atoms with Crippen LogP contribution in [-0.4, -0.2) is 39.6 Å². The van der Waals surface area contributed by atoms with Crippen LogP contribution in [0.25, 0.3) is 11.3 Å². The van der Waals surface area contributed by atoms with E-state index in [2.05, 4.69) is 25.6 Å². The van der Waals surface area contributed by atoms with Gasteiger partial charge in [-0.3, -0.25) is 25.4 Å². The molecule has 32 heavy (non-hydrogen) atoms. The topological polar surface area (TPSA) is 115 Å². The summed E-state index contributed by atoms with van der Waals surface area (Å²) >= 11 is 0. The minimum absolute atomic E-state index is 0.276. The van der Waals surface area contributed by atoms with E-state index in [4.69, 9.17) is 9.47 Å². The second kappa shape index (κ2) is 9.52. The molecule has 9 nitrogen and oxygen atoms in total. The summed E-state index contributed by atoms with van der Waals surface area (Å²) in [6.07, 6.45) is 3.40. The Morgan fingerprint density at radius 3 is 2.44 bits per heavy atom. The van der Waals surface area contributed by atoms with Gasteiger partial charge in [-0.1, -0.05) is 0 Å². The largest absolute Gasteiger partial charge is 0.455 e. The molecule has 0 fully saturated rings. The van der Waals surface area contributed by atoms with Crippen molar-refractivity contribution in [2.24, 2.45) is 0 Å². The Hall–Kier alpha value is -3.85. The SMILES string of the molecule is COC(C)(C)C(=O)NC(=O)Nc1ccc(Oc2ccnc(-c3ccnc(C)c3)c2)c(C)n1. The van der Waals surface area contributed by atoms with Crippen LogP contribution in [0.1, 0.15) is 25.2 Å². The lowest BCUT2D eigenvalue weighted by Crippen LogP contribution is -2.47. The number of pyridine rings is 3. The van der Waals surface area contributed by atoms with Crippen molar-refractivity contribution in [2.75, 3.05) is 12.4 Å². The lowest BCUT2D eigenvalue weighted by molar-refractivity contribution is -0.138. The molecule has 3 rings (SSSR count). The molecule has 2 N–H and O–H groups in total. The van der Waals surface area contributed by atoms with Gasteiger partial charge in [0, 0.05) is 36.8 Å². The van der Waals surface area contributed by atoms with Gasteiger partial charge in [-0.05, 0) is 58.0 Å². The number of amides is 3. The number of anilines is 1. The smallest absolute Gasteiger partial charge is 0.327 e. The Labute approximate surface area is 186 Å². The number of hydrogen-bond donors (Lipinski definition) is 2. The van der Waals surface area contributed by atoms with Crippen LogP contribution >= 0.6 is 0 Å². The molecule has 0 aliphatic rings. The first-order valence-electron chi connectivity index (χ1n) is 9.90. The molecule has 0 spiro atoms. The van der Waals surface area contributed by atoms with Crippen LogP contribution in [0.3, 0.4) is 0 Å². The van der Waals surface area contributed by atoms with Gasteiger partial charge in [0.1, 0.15) is 22.9 Å². The van der Waals surface area contributed by atoms with Crippen LogP contribution in [0, 0.1) is 13.8 Å². The van der Waals surface area contributed by atoms with Crippen molar-refractivity contribution in [1.29, 1.82) is 0 Å². The van der Waals surface area contributed by atoms with Gasteiger partial charge in [0.2, 0.25) is 0 Å². The summed E-state index contributed by atoms with van der Waals surface area (Å²) in [6.45, 7) is 6.80. The molecule has 3 amide bonds. The van der Waals surface area contributed by atoms with Gasteiger partial charge in [0.15, 0.2) is 0 Å². The van der Waals surface area contributed by atoms with Crippen LogP contribution in [0.15, 0.2) is 48.8 Å². The highest BCUT2D eigenvalue weighted by atomic mass is 16.5. The van der Waals surface area contributed by atoms with Gasteiger partial charge in [-0.15, -0.1) is 0 Å². The van der Waals surface area contributed by atoms with E-state index in [1.54, 1.807) is 51.4 Å². The molecule has 0 aliphatic heterocycles. The predicted molar refractivity (Wildman–Crippen MR) is 120 cm³/mol. The van der Waals surface area contributed by atoms with Gasteiger partial charge >= 0.3 is 6.03 Å². The zero-order valence-electron chi connectivity index (χ0n) is 18.6. The van der Waals surface area contributed by atoms with E-state index in [0.717, 1.165) is 17.0 Å². The number of aromatic nitrogens is 3. The summed E-state index contributed by atoms with van der Waals surface area (Å²) in [5.41, 5.74) is 2.03. The van der Waals surface area contributed by atoms with Crippen molar-refractivity contribution in [3.63, 3.8) is 0 Å². The third-order valence-electron chi connectivity index (χ3n) is 4.71. The van der Waals surface area contributed by atoms with Crippen molar-refractivity contribution in [1.82, 2.24) is 20.3 Å². The van der Waals surface area contributed by atoms with Crippen molar-refractivity contribution in [2.45, 2.75) is 33.3 Å². The first-order valence-corrected chi connectivity index (χ1v) is 9.90. The Morgan fingerprint density at radius 1 is 1.00 bits per heavy atom. The van der Waals surface area contributed by atoms with Crippen LogP contribution in [0.2, 0.25) is 0 Å². The van der Waals surface area contributed by atoms with Crippen LogP contribution < -0.4 is 15.4 Å². The van der Waals surface area contributed by atoms with E-state index in [1.165, 1.54) is 7.11 Å². The summed E-state index contributed by atoms with van der Waals surface area (Å²) in [4.78, 5) is 37.0. The number of carbonyl (C=O) groups is 2. The molecule has 0 aliphatic carbocycles. The lowest BCUT2D eigenvalue weighted by atomic mass is 10.1. The van der Waals surface area contributed by atoms with E-state index < -0.39 is 17.5 Å². The molecule has 0 aromatic carbocycles.